The lowest BCUT2D eigenvalue weighted by atomic mass is 9.34. The van der Waals surface area contributed by atoms with Crippen LogP contribution in [0.3, 0.4) is 0 Å². The van der Waals surface area contributed by atoms with Crippen molar-refractivity contribution in [3.8, 4) is 5.19 Å². The zero-order chi connectivity index (χ0) is 12.8. The molecule has 3 aliphatic rings. The standard InChI is InChI=1S/C11H15N3O3S/c1-16-7(15)11-4-10(5-11,6-11)2-3-17-9-14-13-8(12)18-9/h2-6H2,1H3,(H2,12,13). The van der Waals surface area contributed by atoms with Gasteiger partial charge in [-0.1, -0.05) is 5.10 Å². The van der Waals surface area contributed by atoms with Crippen molar-refractivity contribution in [3.63, 3.8) is 0 Å². The van der Waals surface area contributed by atoms with Gasteiger partial charge >= 0.3 is 5.97 Å². The first-order valence-corrected chi connectivity index (χ1v) is 6.69. The number of nitrogen functional groups attached to an aromatic ring is 1. The molecule has 1 aromatic rings. The molecular formula is C11H15N3O3S. The lowest BCUT2D eigenvalue weighted by Crippen LogP contribution is -2.65. The summed E-state index contributed by atoms with van der Waals surface area (Å²) in [6.07, 6.45) is 3.77. The van der Waals surface area contributed by atoms with Gasteiger partial charge in [-0.25, -0.2) is 0 Å². The fourth-order valence-corrected chi connectivity index (χ4v) is 3.81. The number of hydrogen-bond donors (Lipinski definition) is 1. The molecular weight excluding hydrogens is 254 g/mol. The second-order valence-electron chi connectivity index (χ2n) is 5.31. The third-order valence-corrected chi connectivity index (χ3v) is 4.70. The smallest absolute Gasteiger partial charge is 0.311 e. The van der Waals surface area contributed by atoms with Crippen molar-refractivity contribution in [1.82, 2.24) is 10.2 Å². The Hall–Kier alpha value is -1.37. The van der Waals surface area contributed by atoms with Gasteiger partial charge in [0.2, 0.25) is 5.13 Å². The molecule has 98 valence electrons. The maximum absolute atomic E-state index is 11.5. The first kappa shape index (κ1) is 11.7. The summed E-state index contributed by atoms with van der Waals surface area (Å²) in [5, 5.41) is 8.41. The van der Waals surface area contributed by atoms with Crippen molar-refractivity contribution in [2.24, 2.45) is 10.8 Å². The van der Waals surface area contributed by atoms with E-state index in [1.165, 1.54) is 18.4 Å². The van der Waals surface area contributed by atoms with Crippen LogP contribution in [0.15, 0.2) is 0 Å². The van der Waals surface area contributed by atoms with E-state index in [1.807, 2.05) is 0 Å². The highest BCUT2D eigenvalue weighted by atomic mass is 32.1. The van der Waals surface area contributed by atoms with Crippen LogP contribution < -0.4 is 10.5 Å². The van der Waals surface area contributed by atoms with Crippen LogP contribution in [0.5, 0.6) is 5.19 Å². The van der Waals surface area contributed by atoms with Crippen LogP contribution in [0.2, 0.25) is 0 Å². The number of hydrogen-bond acceptors (Lipinski definition) is 7. The maximum Gasteiger partial charge on any atom is 0.311 e. The molecule has 0 aromatic carbocycles. The van der Waals surface area contributed by atoms with Gasteiger partial charge in [-0.2, -0.15) is 0 Å². The minimum absolute atomic E-state index is 0.0535. The molecule has 1 aromatic heterocycles. The zero-order valence-electron chi connectivity index (χ0n) is 10.1. The fraction of sp³-hybridized carbons (Fsp3) is 0.727. The predicted octanol–water partition coefficient (Wildman–Crippen LogP) is 1.23. The summed E-state index contributed by atoms with van der Waals surface area (Å²) in [5.74, 6) is -0.0535. The minimum atomic E-state index is -0.165. The van der Waals surface area contributed by atoms with E-state index in [0.29, 0.717) is 22.3 Å². The number of anilines is 1. The quantitative estimate of drug-likeness (QED) is 0.809. The number of aromatic nitrogens is 2. The van der Waals surface area contributed by atoms with Crippen molar-refractivity contribution in [2.75, 3.05) is 19.5 Å². The SMILES string of the molecule is COC(=O)C12CC(CCOc3nnc(N)s3)(C1)C2. The van der Waals surface area contributed by atoms with E-state index in [4.69, 9.17) is 15.2 Å². The van der Waals surface area contributed by atoms with Crippen LogP contribution in [-0.2, 0) is 9.53 Å². The average Bonchev–Trinajstić information content (AvgIpc) is 2.65. The minimum Gasteiger partial charge on any atom is -0.469 e. The summed E-state index contributed by atoms with van der Waals surface area (Å²) < 4.78 is 10.3. The monoisotopic (exact) mass is 269 g/mol. The topological polar surface area (TPSA) is 87.3 Å². The van der Waals surface area contributed by atoms with Crippen molar-refractivity contribution < 1.29 is 14.3 Å². The molecule has 0 spiro atoms. The van der Waals surface area contributed by atoms with Crippen LogP contribution in [0.4, 0.5) is 5.13 Å². The van der Waals surface area contributed by atoms with E-state index in [9.17, 15) is 4.79 Å². The number of rotatable bonds is 5. The van der Waals surface area contributed by atoms with E-state index in [0.717, 1.165) is 25.7 Å². The van der Waals surface area contributed by atoms with Gasteiger partial charge in [-0.05, 0) is 42.4 Å². The Labute approximate surface area is 108 Å². The molecule has 1 heterocycles. The molecule has 6 nitrogen and oxygen atoms in total. The highest BCUT2D eigenvalue weighted by molar-refractivity contribution is 7.16. The van der Waals surface area contributed by atoms with Crippen LogP contribution in [0, 0.1) is 10.8 Å². The summed E-state index contributed by atoms with van der Waals surface area (Å²) in [6, 6.07) is 0. The predicted molar refractivity (Wildman–Crippen MR) is 65.2 cm³/mol. The molecule has 4 rings (SSSR count). The molecule has 2 N–H and O–H groups in total. The Morgan fingerprint density at radius 1 is 1.44 bits per heavy atom. The highest BCUT2D eigenvalue weighted by Crippen LogP contribution is 2.75. The molecule has 0 amide bonds. The van der Waals surface area contributed by atoms with Crippen LogP contribution in [0.25, 0.3) is 0 Å². The largest absolute Gasteiger partial charge is 0.469 e. The van der Waals surface area contributed by atoms with E-state index < -0.39 is 0 Å². The second kappa shape index (κ2) is 3.81. The summed E-state index contributed by atoms with van der Waals surface area (Å²) >= 11 is 1.24. The first-order valence-electron chi connectivity index (χ1n) is 5.88. The fourth-order valence-electron chi connectivity index (χ4n) is 3.33. The van der Waals surface area contributed by atoms with Gasteiger partial charge in [0.1, 0.15) is 0 Å². The number of methoxy groups -OCH3 is 1. The van der Waals surface area contributed by atoms with Gasteiger partial charge < -0.3 is 15.2 Å². The second-order valence-corrected chi connectivity index (χ2v) is 6.28. The number of ether oxygens (including phenoxy) is 2. The number of nitrogens with two attached hydrogens (primary N) is 1. The van der Waals surface area contributed by atoms with Gasteiger partial charge in [0.25, 0.3) is 5.19 Å². The molecule has 0 saturated heterocycles. The Morgan fingerprint density at radius 3 is 2.72 bits per heavy atom. The number of carbonyl (C=O) groups excluding carboxylic acids is 1. The lowest BCUT2D eigenvalue weighted by molar-refractivity contribution is -0.229. The van der Waals surface area contributed by atoms with Crippen molar-refractivity contribution >= 4 is 22.4 Å². The van der Waals surface area contributed by atoms with Crippen molar-refractivity contribution in [2.45, 2.75) is 25.7 Å². The summed E-state index contributed by atoms with van der Waals surface area (Å²) in [5.41, 5.74) is 5.59. The number of esters is 1. The van der Waals surface area contributed by atoms with Crippen LogP contribution in [-0.4, -0.2) is 29.9 Å². The average molecular weight is 269 g/mol. The van der Waals surface area contributed by atoms with E-state index in [1.54, 1.807) is 0 Å². The Bertz CT molecular complexity index is 468. The van der Waals surface area contributed by atoms with Gasteiger partial charge in [0, 0.05) is 0 Å². The van der Waals surface area contributed by atoms with E-state index in [2.05, 4.69) is 10.2 Å². The number of nitrogens with zero attached hydrogens (tertiary/aromatic N) is 2. The van der Waals surface area contributed by atoms with Gasteiger partial charge in [0.15, 0.2) is 0 Å². The summed E-state index contributed by atoms with van der Waals surface area (Å²) in [4.78, 5) is 11.5. The molecule has 7 heteroatoms. The molecule has 0 atom stereocenters. The molecule has 3 fully saturated rings. The van der Waals surface area contributed by atoms with Crippen LogP contribution in [0.1, 0.15) is 25.7 Å². The molecule has 0 radical (unpaired) electrons. The first-order chi connectivity index (χ1) is 8.57. The van der Waals surface area contributed by atoms with E-state index >= 15 is 0 Å². The van der Waals surface area contributed by atoms with Gasteiger partial charge in [0.05, 0.1) is 19.1 Å². The highest BCUT2D eigenvalue weighted by Gasteiger charge is 2.71. The zero-order valence-corrected chi connectivity index (χ0v) is 11.0. The molecule has 3 aliphatic carbocycles. The van der Waals surface area contributed by atoms with Gasteiger partial charge in [-0.15, -0.1) is 5.10 Å². The van der Waals surface area contributed by atoms with Crippen molar-refractivity contribution in [1.29, 1.82) is 0 Å². The normalized spacial score (nSPS) is 32.3. The summed E-state index contributed by atoms with van der Waals surface area (Å²) in [7, 11) is 1.46. The summed E-state index contributed by atoms with van der Waals surface area (Å²) in [6.45, 7) is 0.603. The Morgan fingerprint density at radius 2 is 2.17 bits per heavy atom. The maximum atomic E-state index is 11.5. The van der Waals surface area contributed by atoms with E-state index in [-0.39, 0.29) is 11.4 Å². The molecule has 3 saturated carbocycles. The molecule has 0 aliphatic heterocycles. The Balaban J connectivity index is 1.43. The molecule has 0 unspecified atom stereocenters. The van der Waals surface area contributed by atoms with Crippen molar-refractivity contribution in [3.05, 3.63) is 0 Å². The van der Waals surface area contributed by atoms with Crippen LogP contribution >= 0.6 is 11.3 Å². The Kier molecular flexibility index (Phi) is 2.48. The third-order valence-electron chi connectivity index (χ3n) is 4.04. The third kappa shape index (κ3) is 1.65. The number of carbonyl (C=O) groups is 1. The van der Waals surface area contributed by atoms with Gasteiger partial charge in [-0.3, -0.25) is 4.79 Å². The molecule has 18 heavy (non-hydrogen) atoms. The molecule has 2 bridgehead atoms. The lowest BCUT2D eigenvalue weighted by Gasteiger charge is -2.68.